The summed E-state index contributed by atoms with van der Waals surface area (Å²) in [5.41, 5.74) is 2.66. The lowest BCUT2D eigenvalue weighted by molar-refractivity contribution is -0.150. The molecule has 1 unspecified atom stereocenters. The molecule has 1 heterocycles. The number of carbonyl (C=O) groups excluding carboxylic acids is 1. The summed E-state index contributed by atoms with van der Waals surface area (Å²) in [6, 6.07) is 9.72. The average Bonchev–Trinajstić information content (AvgIpc) is 3.10. The number of benzene rings is 1. The predicted octanol–water partition coefficient (Wildman–Crippen LogP) is 2.97. The summed E-state index contributed by atoms with van der Waals surface area (Å²) in [4.78, 5) is 24.1. The van der Waals surface area contributed by atoms with E-state index in [-0.39, 0.29) is 12.5 Å². The van der Waals surface area contributed by atoms with E-state index in [2.05, 4.69) is 15.5 Å². The fourth-order valence-electron chi connectivity index (χ4n) is 3.59. The highest BCUT2D eigenvalue weighted by atomic mass is 16.4. The molecule has 6 heteroatoms. The summed E-state index contributed by atoms with van der Waals surface area (Å²) in [5.74, 6) is -2.46. The fourth-order valence-corrected chi connectivity index (χ4v) is 3.59. The number of nitrogens with zero attached hydrogens (tertiary/aromatic N) is 1. The van der Waals surface area contributed by atoms with Crippen molar-refractivity contribution in [1.82, 2.24) is 15.5 Å². The van der Waals surface area contributed by atoms with Gasteiger partial charge >= 0.3 is 5.97 Å². The molecule has 1 aliphatic carbocycles. The van der Waals surface area contributed by atoms with Crippen molar-refractivity contribution in [2.24, 2.45) is 11.8 Å². The van der Waals surface area contributed by atoms with Crippen LogP contribution in [0.1, 0.15) is 37.7 Å². The second-order valence-corrected chi connectivity index (χ2v) is 6.57. The first-order valence-corrected chi connectivity index (χ1v) is 8.75. The predicted molar refractivity (Wildman–Crippen MR) is 93.6 cm³/mol. The van der Waals surface area contributed by atoms with Crippen LogP contribution < -0.4 is 5.32 Å². The van der Waals surface area contributed by atoms with Gasteiger partial charge in [-0.2, -0.15) is 5.10 Å². The van der Waals surface area contributed by atoms with Gasteiger partial charge in [0, 0.05) is 12.1 Å². The lowest BCUT2D eigenvalue weighted by Crippen LogP contribution is -2.40. The standard InChI is InChI=1S/C19H23N3O3/c23-18(16(19(24)25)13-7-3-1-4-8-13)20-11-15-12-21-22-17(15)14-9-5-2-6-10-14/h2,5-6,9-10,12-13,16H,1,3-4,7-8,11H2,(H,20,23)(H,21,22)(H,24,25). The van der Waals surface area contributed by atoms with Gasteiger partial charge in [0.25, 0.3) is 0 Å². The Labute approximate surface area is 146 Å². The lowest BCUT2D eigenvalue weighted by atomic mass is 9.79. The molecule has 2 aromatic rings. The Balaban J connectivity index is 1.67. The zero-order valence-corrected chi connectivity index (χ0v) is 14.1. The van der Waals surface area contributed by atoms with Gasteiger partial charge < -0.3 is 10.4 Å². The molecule has 0 spiro atoms. The highest BCUT2D eigenvalue weighted by Crippen LogP contribution is 2.30. The number of aromatic amines is 1. The normalized spacial score (nSPS) is 16.3. The third kappa shape index (κ3) is 4.07. The van der Waals surface area contributed by atoms with Crippen LogP contribution in [-0.2, 0) is 16.1 Å². The molecule has 1 saturated carbocycles. The number of nitrogens with one attached hydrogen (secondary N) is 2. The Bertz CT molecular complexity index is 721. The molecule has 3 N–H and O–H groups in total. The zero-order valence-electron chi connectivity index (χ0n) is 14.1. The Kier molecular flexibility index (Phi) is 5.48. The van der Waals surface area contributed by atoms with Crippen molar-refractivity contribution in [3.63, 3.8) is 0 Å². The quantitative estimate of drug-likeness (QED) is 0.704. The number of H-pyrrole nitrogens is 1. The van der Waals surface area contributed by atoms with E-state index >= 15 is 0 Å². The summed E-state index contributed by atoms with van der Waals surface area (Å²) in [6.07, 6.45) is 6.42. The lowest BCUT2D eigenvalue weighted by Gasteiger charge is -2.26. The Hall–Kier alpha value is -2.63. The van der Waals surface area contributed by atoms with Crippen LogP contribution >= 0.6 is 0 Å². The molecule has 1 fully saturated rings. The molecule has 1 aliphatic rings. The summed E-state index contributed by atoms with van der Waals surface area (Å²) >= 11 is 0. The van der Waals surface area contributed by atoms with Gasteiger partial charge in [-0.15, -0.1) is 0 Å². The maximum Gasteiger partial charge on any atom is 0.316 e. The first kappa shape index (κ1) is 17.2. The number of carboxylic acids is 1. The van der Waals surface area contributed by atoms with Gasteiger partial charge in [0.05, 0.1) is 11.9 Å². The number of hydrogen-bond donors (Lipinski definition) is 3. The Morgan fingerprint density at radius 1 is 1.20 bits per heavy atom. The molecule has 0 radical (unpaired) electrons. The third-order valence-corrected chi connectivity index (χ3v) is 4.90. The van der Waals surface area contributed by atoms with E-state index in [0.29, 0.717) is 0 Å². The first-order valence-electron chi connectivity index (χ1n) is 8.75. The smallest absolute Gasteiger partial charge is 0.316 e. The Morgan fingerprint density at radius 3 is 2.60 bits per heavy atom. The monoisotopic (exact) mass is 341 g/mol. The minimum Gasteiger partial charge on any atom is -0.481 e. The Morgan fingerprint density at radius 2 is 1.92 bits per heavy atom. The topological polar surface area (TPSA) is 95.1 Å². The molecule has 25 heavy (non-hydrogen) atoms. The number of aromatic nitrogens is 2. The maximum absolute atomic E-state index is 12.5. The number of carbonyl (C=O) groups is 2. The van der Waals surface area contributed by atoms with E-state index in [1.807, 2.05) is 30.3 Å². The van der Waals surface area contributed by atoms with Gasteiger partial charge in [-0.05, 0) is 24.3 Å². The van der Waals surface area contributed by atoms with Crippen LogP contribution in [0.25, 0.3) is 11.3 Å². The van der Waals surface area contributed by atoms with Gasteiger partial charge in [-0.1, -0.05) is 49.6 Å². The summed E-state index contributed by atoms with van der Waals surface area (Å²) in [5, 5.41) is 19.3. The van der Waals surface area contributed by atoms with Crippen molar-refractivity contribution in [1.29, 1.82) is 0 Å². The van der Waals surface area contributed by atoms with Crippen LogP contribution in [0.5, 0.6) is 0 Å². The second kappa shape index (κ2) is 7.96. The highest BCUT2D eigenvalue weighted by Gasteiger charge is 2.35. The molecule has 3 rings (SSSR count). The van der Waals surface area contributed by atoms with Crippen LogP contribution in [0, 0.1) is 11.8 Å². The summed E-state index contributed by atoms with van der Waals surface area (Å²) < 4.78 is 0. The number of carboxylic acid groups (broad SMARTS) is 1. The highest BCUT2D eigenvalue weighted by molar-refractivity contribution is 5.97. The number of hydrogen-bond acceptors (Lipinski definition) is 3. The molecule has 132 valence electrons. The van der Waals surface area contributed by atoms with Gasteiger partial charge in [-0.3, -0.25) is 14.7 Å². The molecule has 1 amide bonds. The number of rotatable bonds is 6. The number of amides is 1. The first-order chi connectivity index (χ1) is 12.2. The molecule has 0 bridgehead atoms. The van der Waals surface area contributed by atoms with Crippen LogP contribution in [0.4, 0.5) is 0 Å². The van der Waals surface area contributed by atoms with Gasteiger partial charge in [0.1, 0.15) is 5.92 Å². The van der Waals surface area contributed by atoms with Crippen molar-refractivity contribution >= 4 is 11.9 Å². The molecule has 0 saturated heterocycles. The van der Waals surface area contributed by atoms with E-state index in [1.165, 1.54) is 0 Å². The molecule has 1 aromatic carbocycles. The van der Waals surface area contributed by atoms with Crippen LogP contribution in [0.2, 0.25) is 0 Å². The van der Waals surface area contributed by atoms with Crippen molar-refractivity contribution in [2.45, 2.75) is 38.6 Å². The number of aliphatic carboxylic acids is 1. The zero-order chi connectivity index (χ0) is 17.6. The van der Waals surface area contributed by atoms with Crippen LogP contribution in [-0.4, -0.2) is 27.2 Å². The molecule has 1 atom stereocenters. The fraction of sp³-hybridized carbons (Fsp3) is 0.421. The summed E-state index contributed by atoms with van der Waals surface area (Å²) in [6.45, 7) is 0.260. The molecule has 0 aliphatic heterocycles. The molecule has 1 aromatic heterocycles. The largest absolute Gasteiger partial charge is 0.481 e. The molecular weight excluding hydrogens is 318 g/mol. The summed E-state index contributed by atoms with van der Waals surface area (Å²) in [7, 11) is 0. The van der Waals surface area contributed by atoms with E-state index in [1.54, 1.807) is 6.20 Å². The van der Waals surface area contributed by atoms with Crippen LogP contribution in [0.3, 0.4) is 0 Å². The minimum atomic E-state index is -1.03. The average molecular weight is 341 g/mol. The maximum atomic E-state index is 12.5. The molecular formula is C19H23N3O3. The minimum absolute atomic E-state index is 0.0656. The van der Waals surface area contributed by atoms with Crippen molar-refractivity contribution in [3.8, 4) is 11.3 Å². The van der Waals surface area contributed by atoms with Crippen molar-refractivity contribution < 1.29 is 14.7 Å². The van der Waals surface area contributed by atoms with E-state index in [4.69, 9.17) is 0 Å². The van der Waals surface area contributed by atoms with Gasteiger partial charge in [0.2, 0.25) is 5.91 Å². The van der Waals surface area contributed by atoms with E-state index in [0.717, 1.165) is 48.9 Å². The second-order valence-electron chi connectivity index (χ2n) is 6.57. The van der Waals surface area contributed by atoms with E-state index in [9.17, 15) is 14.7 Å². The van der Waals surface area contributed by atoms with Crippen molar-refractivity contribution in [3.05, 3.63) is 42.1 Å². The molecule has 6 nitrogen and oxygen atoms in total. The van der Waals surface area contributed by atoms with E-state index < -0.39 is 17.8 Å². The van der Waals surface area contributed by atoms with Crippen molar-refractivity contribution in [2.75, 3.05) is 0 Å². The van der Waals surface area contributed by atoms with Gasteiger partial charge in [0.15, 0.2) is 0 Å². The van der Waals surface area contributed by atoms with Crippen LogP contribution in [0.15, 0.2) is 36.5 Å². The van der Waals surface area contributed by atoms with Gasteiger partial charge in [-0.25, -0.2) is 0 Å². The SMILES string of the molecule is O=C(O)C(C(=O)NCc1cn[nH]c1-c1ccccc1)C1CCCCC1. The third-order valence-electron chi connectivity index (χ3n) is 4.90.